The topological polar surface area (TPSA) is 62.4 Å². The molecule has 2 atom stereocenters. The van der Waals surface area contributed by atoms with Crippen molar-refractivity contribution in [1.29, 1.82) is 0 Å². The van der Waals surface area contributed by atoms with Crippen molar-refractivity contribution in [1.82, 2.24) is 9.88 Å². The Morgan fingerprint density at radius 1 is 1.08 bits per heavy atom. The van der Waals surface area contributed by atoms with E-state index in [4.69, 9.17) is 4.74 Å². The van der Waals surface area contributed by atoms with Gasteiger partial charge in [0.25, 0.3) is 5.91 Å². The summed E-state index contributed by atoms with van der Waals surface area (Å²) in [5.41, 5.74) is 3.64. The first kappa shape index (κ1) is 16.4. The van der Waals surface area contributed by atoms with Crippen LogP contribution >= 0.6 is 0 Å². The van der Waals surface area contributed by atoms with E-state index in [0.29, 0.717) is 12.0 Å². The molecule has 5 nitrogen and oxygen atoms in total. The third-order valence-electron chi connectivity index (χ3n) is 5.14. The van der Waals surface area contributed by atoms with Crippen LogP contribution in [0.3, 0.4) is 0 Å². The van der Waals surface area contributed by atoms with E-state index < -0.39 is 12.0 Å². The van der Waals surface area contributed by atoms with Gasteiger partial charge in [-0.1, -0.05) is 36.4 Å². The number of aromatic amines is 1. The van der Waals surface area contributed by atoms with Gasteiger partial charge in [-0.3, -0.25) is 4.79 Å². The van der Waals surface area contributed by atoms with Gasteiger partial charge >= 0.3 is 5.97 Å². The van der Waals surface area contributed by atoms with E-state index in [1.54, 1.807) is 17.0 Å². The number of carbonyl (C=O) groups excluding carboxylic acids is 2. The van der Waals surface area contributed by atoms with Crippen LogP contribution in [-0.4, -0.2) is 34.9 Å². The lowest BCUT2D eigenvalue weighted by atomic mass is 9.91. The SMILES string of the molecule is COC(=O)[C@@H]1Cc2c([nH]c3ccccc23)[C@@H](C)N1C(=O)c1ccccc1. The zero-order valence-electron chi connectivity index (χ0n) is 14.7. The number of benzene rings is 2. The van der Waals surface area contributed by atoms with Gasteiger partial charge < -0.3 is 14.6 Å². The fourth-order valence-electron chi connectivity index (χ4n) is 3.88. The molecule has 0 bridgehead atoms. The number of nitrogens with one attached hydrogen (secondary N) is 1. The smallest absolute Gasteiger partial charge is 0.328 e. The Hall–Kier alpha value is -3.08. The number of H-pyrrole nitrogens is 1. The molecule has 2 aromatic carbocycles. The molecule has 1 aliphatic rings. The summed E-state index contributed by atoms with van der Waals surface area (Å²) in [6.45, 7) is 1.95. The lowest BCUT2D eigenvalue weighted by Crippen LogP contribution is -2.50. The van der Waals surface area contributed by atoms with Crippen molar-refractivity contribution in [2.24, 2.45) is 0 Å². The molecule has 0 radical (unpaired) electrons. The average molecular weight is 348 g/mol. The molecule has 26 heavy (non-hydrogen) atoms. The highest BCUT2D eigenvalue weighted by Crippen LogP contribution is 2.38. The highest BCUT2D eigenvalue weighted by atomic mass is 16.5. The maximum Gasteiger partial charge on any atom is 0.328 e. The molecule has 132 valence electrons. The van der Waals surface area contributed by atoms with Gasteiger partial charge in [0.2, 0.25) is 0 Å². The van der Waals surface area contributed by atoms with Crippen LogP contribution in [0.2, 0.25) is 0 Å². The molecule has 3 aromatic rings. The molecule has 2 heterocycles. The first-order valence-corrected chi connectivity index (χ1v) is 8.67. The second kappa shape index (κ2) is 6.33. The zero-order valence-corrected chi connectivity index (χ0v) is 14.7. The molecule has 0 aliphatic carbocycles. The fraction of sp³-hybridized carbons (Fsp3) is 0.238. The van der Waals surface area contributed by atoms with Crippen LogP contribution in [0, 0.1) is 0 Å². The molecule has 0 saturated carbocycles. The van der Waals surface area contributed by atoms with Crippen LogP contribution < -0.4 is 0 Å². The van der Waals surface area contributed by atoms with Gasteiger partial charge in [-0.25, -0.2) is 4.79 Å². The first-order chi connectivity index (χ1) is 12.6. The average Bonchev–Trinajstić information content (AvgIpc) is 3.06. The van der Waals surface area contributed by atoms with Crippen molar-refractivity contribution in [2.45, 2.75) is 25.4 Å². The van der Waals surface area contributed by atoms with E-state index >= 15 is 0 Å². The number of ether oxygens (including phenoxy) is 1. The summed E-state index contributed by atoms with van der Waals surface area (Å²) in [5, 5.41) is 1.09. The standard InChI is InChI=1S/C21H20N2O3/c1-13-19-16(15-10-6-7-11-17(15)22-19)12-18(21(25)26-2)23(13)20(24)14-8-4-3-5-9-14/h3-11,13,18,22H,12H2,1-2H3/t13-,18+/m1/s1. The van der Waals surface area contributed by atoms with E-state index in [9.17, 15) is 9.59 Å². The van der Waals surface area contributed by atoms with Crippen molar-refractivity contribution in [3.63, 3.8) is 0 Å². The number of para-hydroxylation sites is 1. The number of aromatic nitrogens is 1. The Kier molecular flexibility index (Phi) is 3.99. The lowest BCUT2D eigenvalue weighted by Gasteiger charge is -2.39. The summed E-state index contributed by atoms with van der Waals surface area (Å²) in [4.78, 5) is 30.7. The number of hydrogen-bond acceptors (Lipinski definition) is 3. The van der Waals surface area contributed by atoms with Gasteiger partial charge in [-0.2, -0.15) is 0 Å². The lowest BCUT2D eigenvalue weighted by molar-refractivity contribution is -0.147. The van der Waals surface area contributed by atoms with Gasteiger partial charge in [-0.15, -0.1) is 0 Å². The summed E-state index contributed by atoms with van der Waals surface area (Å²) in [5.74, 6) is -0.560. The molecule has 0 saturated heterocycles. The van der Waals surface area contributed by atoms with Crippen LogP contribution in [-0.2, 0) is 16.0 Å². The van der Waals surface area contributed by atoms with Crippen LogP contribution in [0.1, 0.15) is 34.6 Å². The molecule has 1 amide bonds. The van der Waals surface area contributed by atoms with E-state index in [-0.39, 0.29) is 11.9 Å². The van der Waals surface area contributed by atoms with Gasteiger partial charge in [0.05, 0.1) is 13.2 Å². The summed E-state index contributed by atoms with van der Waals surface area (Å²) in [6, 6.07) is 16.1. The maximum atomic E-state index is 13.2. The summed E-state index contributed by atoms with van der Waals surface area (Å²) in [6.07, 6.45) is 0.439. The Bertz CT molecular complexity index is 977. The minimum Gasteiger partial charge on any atom is -0.467 e. The number of methoxy groups -OCH3 is 1. The number of fused-ring (bicyclic) bond motifs is 3. The number of amides is 1. The highest BCUT2D eigenvalue weighted by Gasteiger charge is 2.41. The summed E-state index contributed by atoms with van der Waals surface area (Å²) in [7, 11) is 1.36. The Labute approximate surface area is 151 Å². The van der Waals surface area contributed by atoms with Crippen molar-refractivity contribution < 1.29 is 14.3 Å². The predicted octanol–water partition coefficient (Wildman–Crippen LogP) is 3.47. The fourth-order valence-corrected chi connectivity index (χ4v) is 3.88. The van der Waals surface area contributed by atoms with E-state index in [0.717, 1.165) is 22.2 Å². The van der Waals surface area contributed by atoms with Gasteiger partial charge in [0, 0.05) is 28.6 Å². The van der Waals surface area contributed by atoms with E-state index in [1.807, 2.05) is 49.4 Å². The second-order valence-corrected chi connectivity index (χ2v) is 6.56. The molecular weight excluding hydrogens is 328 g/mol. The first-order valence-electron chi connectivity index (χ1n) is 8.67. The number of rotatable bonds is 2. The molecule has 1 aliphatic heterocycles. The molecule has 0 spiro atoms. The van der Waals surface area contributed by atoms with Crippen molar-refractivity contribution in [3.05, 3.63) is 71.4 Å². The maximum absolute atomic E-state index is 13.2. The van der Waals surface area contributed by atoms with Crippen LogP contribution in [0.4, 0.5) is 0 Å². The van der Waals surface area contributed by atoms with Gasteiger partial charge in [0.15, 0.2) is 0 Å². The largest absolute Gasteiger partial charge is 0.467 e. The number of esters is 1. The Morgan fingerprint density at radius 3 is 2.50 bits per heavy atom. The zero-order chi connectivity index (χ0) is 18.3. The normalized spacial score (nSPS) is 19.2. The number of carbonyl (C=O) groups is 2. The predicted molar refractivity (Wildman–Crippen MR) is 98.8 cm³/mol. The Balaban J connectivity index is 1.84. The summed E-state index contributed by atoms with van der Waals surface area (Å²) < 4.78 is 5.01. The molecule has 1 N–H and O–H groups in total. The molecule has 1 aromatic heterocycles. The van der Waals surface area contributed by atoms with E-state index in [2.05, 4.69) is 4.98 Å². The van der Waals surface area contributed by atoms with Gasteiger partial charge in [-0.05, 0) is 30.7 Å². The summed E-state index contributed by atoms with van der Waals surface area (Å²) >= 11 is 0. The molecule has 0 fully saturated rings. The van der Waals surface area contributed by atoms with Crippen molar-refractivity contribution in [3.8, 4) is 0 Å². The molecular formula is C21H20N2O3. The molecule has 5 heteroatoms. The number of hydrogen-bond donors (Lipinski definition) is 1. The third kappa shape index (κ3) is 2.47. The minimum absolute atomic E-state index is 0.169. The highest BCUT2D eigenvalue weighted by molar-refractivity contribution is 5.98. The van der Waals surface area contributed by atoms with Crippen molar-refractivity contribution in [2.75, 3.05) is 7.11 Å². The molecule has 0 unspecified atom stereocenters. The number of nitrogens with zero attached hydrogens (tertiary/aromatic N) is 1. The van der Waals surface area contributed by atoms with Crippen LogP contribution in [0.15, 0.2) is 54.6 Å². The Morgan fingerprint density at radius 2 is 1.77 bits per heavy atom. The van der Waals surface area contributed by atoms with Gasteiger partial charge in [0.1, 0.15) is 6.04 Å². The van der Waals surface area contributed by atoms with E-state index in [1.165, 1.54) is 7.11 Å². The third-order valence-corrected chi connectivity index (χ3v) is 5.14. The monoisotopic (exact) mass is 348 g/mol. The van der Waals surface area contributed by atoms with Crippen LogP contribution in [0.5, 0.6) is 0 Å². The van der Waals surface area contributed by atoms with Crippen molar-refractivity contribution >= 4 is 22.8 Å². The second-order valence-electron chi connectivity index (χ2n) is 6.56. The quantitative estimate of drug-likeness (QED) is 0.721. The minimum atomic E-state index is -0.644. The molecule has 4 rings (SSSR count). The van der Waals surface area contributed by atoms with Crippen LogP contribution in [0.25, 0.3) is 10.9 Å².